The highest BCUT2D eigenvalue weighted by atomic mass is 16.3. The number of carbonyl (C=O) groups is 2. The Morgan fingerprint density at radius 2 is 1.74 bits per heavy atom. The van der Waals surface area contributed by atoms with E-state index in [0.717, 1.165) is 18.4 Å². The fourth-order valence-electron chi connectivity index (χ4n) is 2.24. The predicted octanol–water partition coefficient (Wildman–Crippen LogP) is 2.55. The maximum Gasteiger partial charge on any atom is 0.136 e. The molecule has 1 unspecified atom stereocenters. The molecule has 0 fully saturated rings. The maximum absolute atomic E-state index is 11.5. The Hall–Kier alpha value is -1.48. The van der Waals surface area contributed by atoms with Crippen molar-refractivity contribution in [3.05, 3.63) is 35.9 Å². The Kier molecular flexibility index (Phi) is 5.43. The molecule has 3 heteroatoms. The molecule has 1 rings (SSSR count). The van der Waals surface area contributed by atoms with Gasteiger partial charge in [0.15, 0.2) is 0 Å². The molecule has 1 aromatic rings. The van der Waals surface area contributed by atoms with Crippen LogP contribution in [0.15, 0.2) is 30.3 Å². The summed E-state index contributed by atoms with van der Waals surface area (Å²) in [7, 11) is 0. The Morgan fingerprint density at radius 3 is 2.21 bits per heavy atom. The van der Waals surface area contributed by atoms with Gasteiger partial charge in [-0.05, 0) is 25.3 Å². The van der Waals surface area contributed by atoms with Crippen LogP contribution in [0, 0.1) is 5.41 Å². The zero-order valence-corrected chi connectivity index (χ0v) is 11.6. The number of hydrogen-bond donors (Lipinski definition) is 1. The number of aliphatic hydroxyl groups is 1. The number of benzene rings is 1. The summed E-state index contributed by atoms with van der Waals surface area (Å²) in [4.78, 5) is 23.0. The number of unbranched alkanes of at least 4 members (excludes halogenated alkanes) is 1. The van der Waals surface area contributed by atoms with Crippen LogP contribution in [0.3, 0.4) is 0 Å². The Balaban J connectivity index is 3.02. The van der Waals surface area contributed by atoms with E-state index in [4.69, 9.17) is 0 Å². The molecular weight excluding hydrogens is 240 g/mol. The maximum atomic E-state index is 11.5. The summed E-state index contributed by atoms with van der Waals surface area (Å²) in [6.07, 6.45) is 3.57. The van der Waals surface area contributed by atoms with Crippen LogP contribution >= 0.6 is 0 Å². The van der Waals surface area contributed by atoms with E-state index >= 15 is 0 Å². The van der Waals surface area contributed by atoms with Crippen molar-refractivity contribution < 1.29 is 14.7 Å². The van der Waals surface area contributed by atoms with E-state index in [0.29, 0.717) is 19.0 Å². The lowest BCUT2D eigenvalue weighted by molar-refractivity contribution is -0.144. The lowest BCUT2D eigenvalue weighted by Gasteiger charge is -2.37. The van der Waals surface area contributed by atoms with Crippen LogP contribution in [0.2, 0.25) is 0 Å². The first-order chi connectivity index (χ1) is 9.01. The van der Waals surface area contributed by atoms with Gasteiger partial charge in [-0.1, -0.05) is 50.1 Å². The molecule has 19 heavy (non-hydrogen) atoms. The molecule has 0 spiro atoms. The van der Waals surface area contributed by atoms with Gasteiger partial charge < -0.3 is 14.7 Å². The van der Waals surface area contributed by atoms with E-state index in [2.05, 4.69) is 0 Å². The smallest absolute Gasteiger partial charge is 0.136 e. The van der Waals surface area contributed by atoms with Crippen LogP contribution in [0.1, 0.15) is 38.7 Å². The van der Waals surface area contributed by atoms with E-state index in [1.807, 2.05) is 37.3 Å². The van der Waals surface area contributed by atoms with Gasteiger partial charge in [0.25, 0.3) is 0 Å². The molecule has 0 aliphatic heterocycles. The fourth-order valence-corrected chi connectivity index (χ4v) is 2.24. The van der Waals surface area contributed by atoms with Gasteiger partial charge in [-0.25, -0.2) is 0 Å². The molecule has 104 valence electrons. The average Bonchev–Trinajstić information content (AvgIpc) is 2.43. The zero-order valence-electron chi connectivity index (χ0n) is 11.6. The van der Waals surface area contributed by atoms with Crippen LogP contribution in [0.5, 0.6) is 0 Å². The molecule has 0 bridgehead atoms. The molecule has 0 saturated carbocycles. The zero-order chi connectivity index (χ0) is 14.4. The molecule has 0 heterocycles. The molecule has 0 aliphatic rings. The van der Waals surface area contributed by atoms with E-state index in [-0.39, 0.29) is 6.42 Å². The molecule has 3 nitrogen and oxygen atoms in total. The van der Waals surface area contributed by atoms with Gasteiger partial charge in [0, 0.05) is 0 Å². The highest BCUT2D eigenvalue weighted by Crippen LogP contribution is 2.35. The molecular formula is C16H22O3. The van der Waals surface area contributed by atoms with Crippen molar-refractivity contribution in [3.8, 4) is 0 Å². The first-order valence-electron chi connectivity index (χ1n) is 6.70. The first kappa shape index (κ1) is 15.6. The van der Waals surface area contributed by atoms with E-state index in [1.165, 1.54) is 0 Å². The minimum atomic E-state index is -1.37. The second-order valence-electron chi connectivity index (χ2n) is 5.32. The standard InChI is InChI=1S/C16H22O3/c1-3-4-10-15(2,19)16(12-17,13-18)11-14-8-6-5-7-9-14/h5-9,12-13,19H,3-4,10-11H2,1-2H3. The van der Waals surface area contributed by atoms with Crippen molar-refractivity contribution in [1.82, 2.24) is 0 Å². The summed E-state index contributed by atoms with van der Waals surface area (Å²) in [6.45, 7) is 3.59. The largest absolute Gasteiger partial charge is 0.389 e. The Morgan fingerprint density at radius 1 is 1.16 bits per heavy atom. The topological polar surface area (TPSA) is 54.4 Å². The molecule has 1 N–H and O–H groups in total. The lowest BCUT2D eigenvalue weighted by atomic mass is 9.69. The summed E-state index contributed by atoms with van der Waals surface area (Å²) < 4.78 is 0. The fraction of sp³-hybridized carbons (Fsp3) is 0.500. The van der Waals surface area contributed by atoms with Crippen molar-refractivity contribution in [3.63, 3.8) is 0 Å². The Labute approximate surface area is 114 Å². The third-order valence-corrected chi connectivity index (χ3v) is 3.78. The Bertz CT molecular complexity index is 401. The van der Waals surface area contributed by atoms with Crippen LogP contribution in [0.4, 0.5) is 0 Å². The first-order valence-corrected chi connectivity index (χ1v) is 6.70. The van der Waals surface area contributed by atoms with Gasteiger partial charge >= 0.3 is 0 Å². The number of carbonyl (C=O) groups excluding carboxylic acids is 2. The SMILES string of the molecule is CCCCC(C)(O)C(C=O)(C=O)Cc1ccccc1. The third kappa shape index (κ3) is 3.51. The quantitative estimate of drug-likeness (QED) is 0.578. The number of aldehydes is 2. The van der Waals surface area contributed by atoms with Gasteiger partial charge in [0.05, 0.1) is 5.60 Å². The van der Waals surface area contributed by atoms with E-state index < -0.39 is 11.0 Å². The molecule has 1 aromatic carbocycles. The molecule has 0 amide bonds. The van der Waals surface area contributed by atoms with E-state index in [9.17, 15) is 14.7 Å². The van der Waals surface area contributed by atoms with Crippen LogP contribution in [-0.2, 0) is 16.0 Å². The monoisotopic (exact) mass is 262 g/mol. The normalized spacial score (nSPS) is 14.7. The van der Waals surface area contributed by atoms with Gasteiger partial charge in [-0.15, -0.1) is 0 Å². The number of rotatable bonds is 8. The summed E-state index contributed by atoms with van der Waals surface area (Å²) >= 11 is 0. The second kappa shape index (κ2) is 6.62. The highest BCUT2D eigenvalue weighted by molar-refractivity contribution is 5.86. The van der Waals surface area contributed by atoms with E-state index in [1.54, 1.807) is 6.92 Å². The van der Waals surface area contributed by atoms with Crippen LogP contribution in [-0.4, -0.2) is 23.3 Å². The molecule has 0 saturated heterocycles. The van der Waals surface area contributed by atoms with Gasteiger partial charge in [0.2, 0.25) is 0 Å². The third-order valence-electron chi connectivity index (χ3n) is 3.78. The summed E-state index contributed by atoms with van der Waals surface area (Å²) in [5.74, 6) is 0. The summed E-state index contributed by atoms with van der Waals surface area (Å²) in [5, 5.41) is 10.6. The van der Waals surface area contributed by atoms with Crippen LogP contribution in [0.25, 0.3) is 0 Å². The van der Waals surface area contributed by atoms with Gasteiger partial charge in [0.1, 0.15) is 18.0 Å². The predicted molar refractivity (Wildman–Crippen MR) is 74.9 cm³/mol. The number of hydrogen-bond acceptors (Lipinski definition) is 3. The summed E-state index contributed by atoms with van der Waals surface area (Å²) in [6, 6.07) is 9.31. The molecule has 0 aliphatic carbocycles. The minimum absolute atomic E-state index is 0.234. The van der Waals surface area contributed by atoms with Crippen molar-refractivity contribution in [2.24, 2.45) is 5.41 Å². The van der Waals surface area contributed by atoms with Crippen molar-refractivity contribution in [2.45, 2.75) is 45.1 Å². The highest BCUT2D eigenvalue weighted by Gasteiger charge is 2.46. The van der Waals surface area contributed by atoms with Crippen molar-refractivity contribution >= 4 is 12.6 Å². The molecule has 0 aromatic heterocycles. The molecule has 0 radical (unpaired) electrons. The van der Waals surface area contributed by atoms with Gasteiger partial charge in [-0.2, -0.15) is 0 Å². The minimum Gasteiger partial charge on any atom is -0.389 e. The lowest BCUT2D eigenvalue weighted by Crippen LogP contribution is -2.50. The molecule has 1 atom stereocenters. The summed E-state index contributed by atoms with van der Waals surface area (Å²) in [5.41, 5.74) is -1.82. The van der Waals surface area contributed by atoms with Gasteiger partial charge in [-0.3, -0.25) is 0 Å². The van der Waals surface area contributed by atoms with Crippen molar-refractivity contribution in [2.75, 3.05) is 0 Å². The average molecular weight is 262 g/mol. The van der Waals surface area contributed by atoms with Crippen LogP contribution < -0.4 is 0 Å². The second-order valence-corrected chi connectivity index (χ2v) is 5.32. The van der Waals surface area contributed by atoms with Crippen molar-refractivity contribution in [1.29, 1.82) is 0 Å².